The van der Waals surface area contributed by atoms with E-state index >= 15 is 0 Å². The fourth-order valence-electron chi connectivity index (χ4n) is 3.03. The third-order valence-corrected chi connectivity index (χ3v) is 7.37. The highest BCUT2D eigenvalue weighted by molar-refractivity contribution is 7.91. The molecule has 0 bridgehead atoms. The molecule has 0 aliphatic heterocycles. The van der Waals surface area contributed by atoms with Crippen molar-refractivity contribution in [1.29, 1.82) is 0 Å². The van der Waals surface area contributed by atoms with Gasteiger partial charge in [-0.1, -0.05) is 11.6 Å². The van der Waals surface area contributed by atoms with Gasteiger partial charge in [0.1, 0.15) is 5.75 Å². The minimum Gasteiger partial charge on any atom is -0.469 e. The van der Waals surface area contributed by atoms with Gasteiger partial charge in [-0.15, -0.1) is 0 Å². The summed E-state index contributed by atoms with van der Waals surface area (Å²) >= 11 is 5.78. The summed E-state index contributed by atoms with van der Waals surface area (Å²) < 4.78 is 64.9. The summed E-state index contributed by atoms with van der Waals surface area (Å²) in [6.45, 7) is 4.17. The molecule has 0 aromatic heterocycles. The molecule has 2 rings (SSSR count). The molecule has 0 radical (unpaired) electrons. The Morgan fingerprint density at radius 3 is 2.34 bits per heavy atom. The summed E-state index contributed by atoms with van der Waals surface area (Å²) in [6.07, 6.45) is 0.470. The molecule has 2 aromatic rings. The van der Waals surface area contributed by atoms with Gasteiger partial charge in [-0.05, 0) is 70.6 Å². The van der Waals surface area contributed by atoms with E-state index < -0.39 is 57.8 Å². The lowest BCUT2D eigenvalue weighted by atomic mass is 10.1. The Morgan fingerprint density at radius 1 is 1.20 bits per heavy atom. The Morgan fingerprint density at radius 2 is 1.80 bits per heavy atom. The van der Waals surface area contributed by atoms with Gasteiger partial charge in [-0.2, -0.15) is 0 Å². The molecule has 192 valence electrons. The third kappa shape index (κ3) is 8.91. The number of nitrogens with zero attached hydrogens (tertiary/aromatic N) is 1. The van der Waals surface area contributed by atoms with E-state index in [4.69, 9.17) is 26.8 Å². The predicted octanol–water partition coefficient (Wildman–Crippen LogP) is 4.31. The second-order valence-electron chi connectivity index (χ2n) is 7.69. The molecule has 1 atom stereocenters. The number of aliphatic imine (C=N–C) groups is 1. The van der Waals surface area contributed by atoms with Crippen molar-refractivity contribution in [3.8, 4) is 11.5 Å². The van der Waals surface area contributed by atoms with Crippen LogP contribution < -0.4 is 15.6 Å². The molecule has 0 fully saturated rings. The maximum absolute atomic E-state index is 14.6. The van der Waals surface area contributed by atoms with Crippen LogP contribution in [0.3, 0.4) is 0 Å². The Balaban J connectivity index is 2.15. The quantitative estimate of drug-likeness (QED) is 0.141. The first-order valence-electron chi connectivity index (χ1n) is 10.4. The Kier molecular flexibility index (Phi) is 10.7. The summed E-state index contributed by atoms with van der Waals surface area (Å²) in [7, 11) is -3.60. The van der Waals surface area contributed by atoms with E-state index in [1.54, 1.807) is 0 Å². The number of methoxy groups -OCH3 is 1. The van der Waals surface area contributed by atoms with Crippen molar-refractivity contribution in [2.24, 2.45) is 16.6 Å². The zero-order valence-electron chi connectivity index (χ0n) is 19.4. The molecule has 0 saturated carbocycles. The minimum atomic E-state index is -4.25. The lowest BCUT2D eigenvalue weighted by molar-refractivity contribution is -0.144. The molecular formula is C22H27ClF2N3O5PS. The van der Waals surface area contributed by atoms with Crippen LogP contribution in [0.2, 0.25) is 5.02 Å². The topological polar surface area (TPSA) is 120 Å². The molecular weight excluding hydrogens is 523 g/mol. The molecule has 0 unspecified atom stereocenters. The molecule has 0 amide bonds. The second-order valence-corrected chi connectivity index (χ2v) is 12.2. The summed E-state index contributed by atoms with van der Waals surface area (Å²) in [5, 5.41) is 3.38. The summed E-state index contributed by atoms with van der Waals surface area (Å²) in [4.78, 5) is 15.7. The first-order chi connectivity index (χ1) is 16.4. The van der Waals surface area contributed by atoms with Crippen LogP contribution in [0.5, 0.6) is 11.5 Å². The Hall–Kier alpha value is -2.49. The number of rotatable bonds is 11. The smallest absolute Gasteiger partial charge is 0.309 e. The van der Waals surface area contributed by atoms with Crippen molar-refractivity contribution in [2.75, 3.05) is 32.7 Å². The third-order valence-electron chi connectivity index (χ3n) is 4.65. The van der Waals surface area contributed by atoms with E-state index in [-0.39, 0.29) is 24.7 Å². The summed E-state index contributed by atoms with van der Waals surface area (Å²) in [6, 6.07) is 7.07. The maximum atomic E-state index is 14.6. The molecule has 2 aromatic carbocycles. The number of esters is 1. The SMILES string of the molecule is COC(=O)[C@@H](CCCN=C(N)NP(C)C)CS(=O)(=O)c1cc(F)c(Oc2ccc(Cl)cc2)c(F)c1. The highest BCUT2D eigenvalue weighted by Crippen LogP contribution is 2.31. The number of sulfone groups is 1. The normalized spacial score (nSPS) is 12.9. The summed E-state index contributed by atoms with van der Waals surface area (Å²) in [5.74, 6) is -5.31. The number of halogens is 3. The molecule has 8 nitrogen and oxygen atoms in total. The van der Waals surface area contributed by atoms with Gasteiger partial charge in [0.05, 0.1) is 23.7 Å². The number of guanidine groups is 1. The van der Waals surface area contributed by atoms with Gasteiger partial charge >= 0.3 is 5.97 Å². The van der Waals surface area contributed by atoms with Gasteiger partial charge in [0.25, 0.3) is 0 Å². The van der Waals surface area contributed by atoms with Crippen LogP contribution in [0.4, 0.5) is 8.78 Å². The number of nitrogens with one attached hydrogen (secondary N) is 1. The molecule has 0 saturated heterocycles. The van der Waals surface area contributed by atoms with Gasteiger partial charge in [0, 0.05) is 11.6 Å². The number of hydrogen-bond acceptors (Lipinski definition) is 6. The first kappa shape index (κ1) is 28.7. The lowest BCUT2D eigenvalue weighted by Gasteiger charge is -2.16. The highest BCUT2D eigenvalue weighted by Gasteiger charge is 2.29. The van der Waals surface area contributed by atoms with Crippen molar-refractivity contribution in [2.45, 2.75) is 17.7 Å². The van der Waals surface area contributed by atoms with Gasteiger partial charge in [0.15, 0.2) is 33.2 Å². The molecule has 0 aliphatic carbocycles. The molecule has 3 N–H and O–H groups in total. The zero-order valence-corrected chi connectivity index (χ0v) is 21.9. The van der Waals surface area contributed by atoms with E-state index in [0.29, 0.717) is 23.6 Å². The lowest BCUT2D eigenvalue weighted by Crippen LogP contribution is -2.28. The fraction of sp³-hybridized carbons (Fsp3) is 0.364. The number of hydrogen-bond donors (Lipinski definition) is 2. The van der Waals surface area contributed by atoms with Crippen molar-refractivity contribution < 1.29 is 31.5 Å². The molecule has 0 aliphatic rings. The van der Waals surface area contributed by atoms with Gasteiger partial charge in [-0.25, -0.2) is 17.2 Å². The van der Waals surface area contributed by atoms with Gasteiger partial charge in [-0.3, -0.25) is 9.79 Å². The average molecular weight is 550 g/mol. The average Bonchev–Trinajstić information content (AvgIpc) is 2.78. The minimum absolute atomic E-state index is 0.113. The fourth-order valence-corrected chi connectivity index (χ4v) is 5.28. The Bertz CT molecular complexity index is 1140. The number of carbonyl (C=O) groups excluding carboxylic acids is 1. The van der Waals surface area contributed by atoms with Crippen LogP contribution in [0.25, 0.3) is 0 Å². The van der Waals surface area contributed by atoms with Crippen LogP contribution >= 0.6 is 19.7 Å². The monoisotopic (exact) mass is 549 g/mol. The van der Waals surface area contributed by atoms with Crippen LogP contribution in [-0.4, -0.2) is 53.1 Å². The highest BCUT2D eigenvalue weighted by atomic mass is 35.5. The van der Waals surface area contributed by atoms with Gasteiger partial charge < -0.3 is 20.3 Å². The van der Waals surface area contributed by atoms with E-state index in [0.717, 1.165) is 7.11 Å². The van der Waals surface area contributed by atoms with E-state index in [1.807, 2.05) is 13.3 Å². The van der Waals surface area contributed by atoms with Crippen LogP contribution in [0.1, 0.15) is 12.8 Å². The van der Waals surface area contributed by atoms with Crippen molar-refractivity contribution in [1.82, 2.24) is 5.09 Å². The largest absolute Gasteiger partial charge is 0.469 e. The first-order valence-corrected chi connectivity index (χ1v) is 14.7. The van der Waals surface area contributed by atoms with Gasteiger partial charge in [0.2, 0.25) is 0 Å². The molecule has 35 heavy (non-hydrogen) atoms. The predicted molar refractivity (Wildman–Crippen MR) is 133 cm³/mol. The maximum Gasteiger partial charge on any atom is 0.309 e. The van der Waals surface area contributed by atoms with E-state index in [9.17, 15) is 22.0 Å². The molecule has 0 spiro atoms. The molecule has 13 heteroatoms. The summed E-state index contributed by atoms with van der Waals surface area (Å²) in [5.41, 5.74) is 5.73. The standard InChI is InChI=1S/C22H27ClF2N3O5PS/c1-32-21(29)14(5-4-10-27-22(26)28-34(2)3)13-35(30,31)17-11-18(24)20(19(25)12-17)33-16-8-6-15(23)7-9-16/h6-9,11-12,14H,4-5,10,13H2,1-3H3,(H3,26,27,28)/t14-/m0/s1. The van der Waals surface area contributed by atoms with Crippen molar-refractivity contribution in [3.05, 3.63) is 53.1 Å². The number of nitrogens with two attached hydrogens (primary N) is 1. The van der Waals surface area contributed by atoms with Crippen LogP contribution in [0.15, 0.2) is 46.3 Å². The number of carbonyl (C=O) groups is 1. The van der Waals surface area contributed by atoms with Crippen molar-refractivity contribution >= 4 is 41.4 Å². The number of ether oxygens (including phenoxy) is 2. The van der Waals surface area contributed by atoms with E-state index in [1.165, 1.54) is 24.3 Å². The van der Waals surface area contributed by atoms with Crippen LogP contribution in [-0.2, 0) is 19.4 Å². The second kappa shape index (κ2) is 13.0. The van der Waals surface area contributed by atoms with E-state index in [2.05, 4.69) is 10.1 Å². The number of benzene rings is 2. The Labute approximate surface area is 209 Å². The van der Waals surface area contributed by atoms with Crippen molar-refractivity contribution in [3.63, 3.8) is 0 Å². The molecule has 0 heterocycles. The van der Waals surface area contributed by atoms with Crippen LogP contribution in [0, 0.1) is 17.6 Å². The zero-order chi connectivity index (χ0) is 26.2.